The largest absolute Gasteiger partial charge is 0.399 e. The number of allylic oxidation sites excluding steroid dienone is 1. The lowest BCUT2D eigenvalue weighted by Gasteiger charge is -2.46. The molecule has 2 unspecified atom stereocenters. The summed E-state index contributed by atoms with van der Waals surface area (Å²) in [4.78, 5) is 4.82. The fourth-order valence-corrected chi connectivity index (χ4v) is 4.23. The van der Waals surface area contributed by atoms with Gasteiger partial charge in [-0.1, -0.05) is 35.9 Å². The molecule has 2 aromatic carbocycles. The van der Waals surface area contributed by atoms with Gasteiger partial charge < -0.3 is 16.8 Å². The van der Waals surface area contributed by atoms with E-state index in [1.54, 1.807) is 0 Å². The maximum absolute atomic E-state index is 9.01. The van der Waals surface area contributed by atoms with Crippen LogP contribution < -0.4 is 16.8 Å². The van der Waals surface area contributed by atoms with Crippen molar-refractivity contribution in [3.8, 4) is 6.07 Å². The molecule has 0 aliphatic carbocycles. The molecule has 2 aliphatic heterocycles. The summed E-state index contributed by atoms with van der Waals surface area (Å²) in [6, 6.07) is 18.1. The van der Waals surface area contributed by atoms with Crippen LogP contribution >= 0.6 is 11.6 Å². The van der Waals surface area contributed by atoms with E-state index in [1.165, 1.54) is 11.1 Å². The Balaban J connectivity index is 1.56. The highest BCUT2D eigenvalue weighted by molar-refractivity contribution is 6.30. The minimum atomic E-state index is -0.102. The molecule has 2 aliphatic rings. The average molecular weight is 421 g/mol. The molecule has 6 nitrogen and oxygen atoms in total. The van der Waals surface area contributed by atoms with Gasteiger partial charge in [-0.2, -0.15) is 5.26 Å². The van der Waals surface area contributed by atoms with Gasteiger partial charge in [0.25, 0.3) is 0 Å². The highest BCUT2D eigenvalue weighted by Crippen LogP contribution is 2.30. The predicted octanol–water partition coefficient (Wildman–Crippen LogP) is 2.64. The number of rotatable bonds is 4. The minimum absolute atomic E-state index is 0.102. The van der Waals surface area contributed by atoms with Crippen LogP contribution in [-0.2, 0) is 6.54 Å². The predicted molar refractivity (Wildman–Crippen MR) is 119 cm³/mol. The Bertz CT molecular complexity index is 990. The zero-order chi connectivity index (χ0) is 21.1. The quantitative estimate of drug-likeness (QED) is 0.703. The lowest BCUT2D eigenvalue weighted by molar-refractivity contribution is 0.0393. The molecule has 7 heteroatoms. The van der Waals surface area contributed by atoms with Crippen molar-refractivity contribution in [1.82, 2.24) is 15.1 Å². The first-order valence-electron chi connectivity index (χ1n) is 9.95. The Labute approximate surface area is 182 Å². The van der Waals surface area contributed by atoms with Crippen LogP contribution in [0.4, 0.5) is 0 Å². The van der Waals surface area contributed by atoms with Crippen LogP contribution in [0.15, 0.2) is 72.2 Å². The van der Waals surface area contributed by atoms with Crippen molar-refractivity contribution < 1.29 is 0 Å². The van der Waals surface area contributed by atoms with Crippen molar-refractivity contribution in [2.75, 3.05) is 19.6 Å². The third-order valence-electron chi connectivity index (χ3n) is 5.64. The van der Waals surface area contributed by atoms with Crippen molar-refractivity contribution in [2.45, 2.75) is 18.8 Å². The second kappa shape index (κ2) is 8.80. The topological polar surface area (TPSA) is 94.3 Å². The third-order valence-corrected chi connectivity index (χ3v) is 5.89. The molecule has 4 rings (SSSR count). The number of nitrogens with one attached hydrogen (secondary N) is 1. The van der Waals surface area contributed by atoms with Gasteiger partial charge in [0, 0.05) is 54.8 Å². The van der Waals surface area contributed by atoms with Crippen molar-refractivity contribution in [3.05, 3.63) is 93.9 Å². The monoisotopic (exact) mass is 420 g/mol. The smallest absolute Gasteiger partial charge is 0.121 e. The molecule has 2 atom stereocenters. The van der Waals surface area contributed by atoms with Crippen LogP contribution in [-0.4, -0.2) is 35.6 Å². The molecule has 0 bridgehead atoms. The number of halogens is 1. The van der Waals surface area contributed by atoms with Crippen LogP contribution in [0.25, 0.3) is 0 Å². The molecule has 0 aromatic heterocycles. The van der Waals surface area contributed by atoms with Gasteiger partial charge in [-0.3, -0.25) is 9.80 Å². The Kier molecular flexibility index (Phi) is 5.96. The first kappa shape index (κ1) is 20.3. The number of nitrogens with two attached hydrogens (primary N) is 2. The molecule has 30 heavy (non-hydrogen) atoms. The van der Waals surface area contributed by atoms with E-state index >= 15 is 0 Å². The number of hydrogen-bond acceptors (Lipinski definition) is 6. The molecular formula is C23H25ClN6. The molecule has 0 radical (unpaired) electrons. The van der Waals surface area contributed by atoms with E-state index in [9.17, 15) is 0 Å². The number of hydrogen-bond donors (Lipinski definition) is 3. The van der Waals surface area contributed by atoms with E-state index in [0.29, 0.717) is 11.3 Å². The van der Waals surface area contributed by atoms with Crippen molar-refractivity contribution in [2.24, 2.45) is 11.5 Å². The van der Waals surface area contributed by atoms with Crippen molar-refractivity contribution in [1.29, 1.82) is 5.26 Å². The second-order valence-corrected chi connectivity index (χ2v) is 8.14. The lowest BCUT2D eigenvalue weighted by Crippen LogP contribution is -2.57. The molecular weight excluding hydrogens is 396 g/mol. The fourth-order valence-electron chi connectivity index (χ4n) is 4.10. The van der Waals surface area contributed by atoms with Gasteiger partial charge in [-0.05, 0) is 41.5 Å². The Hall–Kier alpha value is -2.98. The summed E-state index contributed by atoms with van der Waals surface area (Å²) >= 11 is 6.13. The molecule has 1 saturated heterocycles. The zero-order valence-corrected chi connectivity index (χ0v) is 17.4. The maximum Gasteiger partial charge on any atom is 0.121 e. The van der Waals surface area contributed by atoms with E-state index in [4.69, 9.17) is 28.3 Å². The van der Waals surface area contributed by atoms with Gasteiger partial charge in [0.05, 0.1) is 11.6 Å². The summed E-state index contributed by atoms with van der Waals surface area (Å²) in [6.45, 7) is 3.45. The molecule has 0 saturated carbocycles. The van der Waals surface area contributed by atoms with Gasteiger partial charge in [0.1, 0.15) is 6.17 Å². The van der Waals surface area contributed by atoms with Crippen molar-refractivity contribution >= 4 is 11.6 Å². The van der Waals surface area contributed by atoms with Gasteiger partial charge in [-0.25, -0.2) is 0 Å². The van der Waals surface area contributed by atoms with E-state index in [1.807, 2.05) is 48.7 Å². The van der Waals surface area contributed by atoms with Gasteiger partial charge in [0.15, 0.2) is 0 Å². The maximum atomic E-state index is 9.01. The SMILES string of the molecule is N#Cc1ccc(CN2CCN(C3NC=C(N)C=C3N)C(c3ccc(Cl)cc3)C2)cc1. The Morgan fingerprint density at radius 2 is 1.80 bits per heavy atom. The summed E-state index contributed by atoms with van der Waals surface area (Å²) in [5, 5.41) is 13.1. The summed E-state index contributed by atoms with van der Waals surface area (Å²) in [6.07, 6.45) is 3.53. The molecule has 0 amide bonds. The molecule has 1 fully saturated rings. The summed E-state index contributed by atoms with van der Waals surface area (Å²) in [7, 11) is 0. The van der Waals surface area contributed by atoms with Crippen molar-refractivity contribution in [3.63, 3.8) is 0 Å². The summed E-state index contributed by atoms with van der Waals surface area (Å²) in [5.41, 5.74) is 16.6. The first-order valence-corrected chi connectivity index (χ1v) is 10.3. The number of piperazine rings is 1. The highest BCUT2D eigenvalue weighted by Gasteiger charge is 2.34. The van der Waals surface area contributed by atoms with Gasteiger partial charge in [-0.15, -0.1) is 0 Å². The molecule has 5 N–H and O–H groups in total. The third kappa shape index (κ3) is 4.44. The van der Waals surface area contributed by atoms with Gasteiger partial charge >= 0.3 is 0 Å². The second-order valence-electron chi connectivity index (χ2n) is 7.71. The van der Waals surface area contributed by atoms with E-state index in [-0.39, 0.29) is 12.2 Å². The Morgan fingerprint density at radius 1 is 1.07 bits per heavy atom. The van der Waals surface area contributed by atoms with Crippen LogP contribution in [0.1, 0.15) is 22.7 Å². The van der Waals surface area contributed by atoms with Crippen LogP contribution in [0, 0.1) is 11.3 Å². The minimum Gasteiger partial charge on any atom is -0.399 e. The molecule has 0 spiro atoms. The highest BCUT2D eigenvalue weighted by atomic mass is 35.5. The first-order chi connectivity index (χ1) is 14.5. The van der Waals surface area contributed by atoms with E-state index in [0.717, 1.165) is 36.9 Å². The van der Waals surface area contributed by atoms with Crippen LogP contribution in [0.5, 0.6) is 0 Å². The fraction of sp³-hybridized carbons (Fsp3) is 0.261. The number of nitrogens with zero attached hydrogens (tertiary/aromatic N) is 3. The van der Waals surface area contributed by atoms with Gasteiger partial charge in [0.2, 0.25) is 0 Å². The number of nitriles is 1. The molecule has 2 heterocycles. The average Bonchev–Trinajstić information content (AvgIpc) is 2.75. The molecule has 154 valence electrons. The number of benzene rings is 2. The lowest BCUT2D eigenvalue weighted by atomic mass is 9.99. The van der Waals surface area contributed by atoms with E-state index < -0.39 is 0 Å². The van der Waals surface area contributed by atoms with E-state index in [2.05, 4.69) is 33.3 Å². The van der Waals surface area contributed by atoms with Crippen LogP contribution in [0.2, 0.25) is 5.02 Å². The summed E-state index contributed by atoms with van der Waals surface area (Å²) < 4.78 is 0. The summed E-state index contributed by atoms with van der Waals surface area (Å²) in [5.74, 6) is 0. The zero-order valence-electron chi connectivity index (χ0n) is 16.6. The number of dihydropyridines is 1. The van der Waals surface area contributed by atoms with Crippen LogP contribution in [0.3, 0.4) is 0 Å². The standard InChI is InChI=1S/C23H25ClN6/c24-19-7-5-18(6-8-19)22-15-29(14-17-3-1-16(12-25)2-4-17)9-10-30(22)23-21(27)11-20(26)13-28-23/h1-8,11,13,22-23,28H,9-10,14-15,26-27H2. The molecule has 2 aromatic rings. The normalized spacial score (nSPS) is 22.5. The Morgan fingerprint density at radius 3 is 2.47 bits per heavy atom.